The first-order valence-corrected chi connectivity index (χ1v) is 8.23. The molecule has 2 aromatic rings. The summed E-state index contributed by atoms with van der Waals surface area (Å²) < 4.78 is 10.4. The Balaban J connectivity index is 2.06. The van der Waals surface area contributed by atoms with Crippen LogP contribution in [0.5, 0.6) is 11.5 Å². The second-order valence-electron chi connectivity index (χ2n) is 5.58. The van der Waals surface area contributed by atoms with Crippen LogP contribution in [0.25, 0.3) is 6.08 Å². The summed E-state index contributed by atoms with van der Waals surface area (Å²) in [5.41, 5.74) is 1.88. The van der Waals surface area contributed by atoms with Gasteiger partial charge in [-0.05, 0) is 54.3 Å². The van der Waals surface area contributed by atoms with Crippen LogP contribution in [0, 0.1) is 11.3 Å². The maximum absolute atomic E-state index is 12.2. The lowest BCUT2D eigenvalue weighted by Crippen LogP contribution is -2.10. The van der Waals surface area contributed by atoms with Crippen molar-refractivity contribution in [3.63, 3.8) is 0 Å². The molecule has 0 spiro atoms. The molecule has 0 fully saturated rings. The summed E-state index contributed by atoms with van der Waals surface area (Å²) in [7, 11) is 1.58. The van der Waals surface area contributed by atoms with Crippen molar-refractivity contribution < 1.29 is 14.3 Å². The molecule has 0 aliphatic heterocycles. The molecule has 0 bridgehead atoms. The molecule has 25 heavy (non-hydrogen) atoms. The van der Waals surface area contributed by atoms with Gasteiger partial charge in [0.15, 0.2) is 0 Å². The van der Waals surface area contributed by atoms with Crippen molar-refractivity contribution in [3.8, 4) is 17.6 Å². The predicted molar refractivity (Wildman–Crippen MR) is 97.3 cm³/mol. The van der Waals surface area contributed by atoms with Gasteiger partial charge in [-0.25, -0.2) is 4.79 Å². The average Bonchev–Trinajstić information content (AvgIpc) is 2.66. The molecule has 0 amide bonds. The molecule has 2 rings (SSSR count). The van der Waals surface area contributed by atoms with E-state index in [0.717, 1.165) is 24.8 Å². The lowest BCUT2D eigenvalue weighted by Gasteiger charge is -2.05. The molecular formula is C21H21NO3. The third kappa shape index (κ3) is 5.50. The topological polar surface area (TPSA) is 59.3 Å². The average molecular weight is 335 g/mol. The van der Waals surface area contributed by atoms with E-state index in [4.69, 9.17) is 9.47 Å². The zero-order valence-corrected chi connectivity index (χ0v) is 14.5. The van der Waals surface area contributed by atoms with E-state index >= 15 is 0 Å². The van der Waals surface area contributed by atoms with Crippen molar-refractivity contribution >= 4 is 12.0 Å². The molecule has 0 N–H and O–H groups in total. The van der Waals surface area contributed by atoms with E-state index in [1.807, 2.05) is 18.2 Å². The number of nitrogens with zero attached hydrogens (tertiary/aromatic N) is 1. The SMILES string of the molecule is CCCCc1ccc(OC(=O)C(C#N)=Cc2ccc(OC)cc2)cc1. The van der Waals surface area contributed by atoms with Gasteiger partial charge in [0.25, 0.3) is 0 Å². The number of carbonyl (C=O) groups excluding carboxylic acids is 1. The van der Waals surface area contributed by atoms with Crippen LogP contribution in [-0.4, -0.2) is 13.1 Å². The van der Waals surface area contributed by atoms with Crippen LogP contribution < -0.4 is 9.47 Å². The van der Waals surface area contributed by atoms with Crippen molar-refractivity contribution in [3.05, 3.63) is 65.2 Å². The fourth-order valence-electron chi connectivity index (χ4n) is 2.27. The van der Waals surface area contributed by atoms with Gasteiger partial charge in [0.05, 0.1) is 7.11 Å². The number of esters is 1. The van der Waals surface area contributed by atoms with Gasteiger partial charge in [0.1, 0.15) is 23.1 Å². The molecule has 0 aliphatic rings. The molecule has 0 radical (unpaired) electrons. The van der Waals surface area contributed by atoms with Gasteiger partial charge >= 0.3 is 5.97 Å². The molecule has 0 aromatic heterocycles. The van der Waals surface area contributed by atoms with Crippen molar-refractivity contribution in [2.24, 2.45) is 0 Å². The number of aryl methyl sites for hydroxylation is 1. The molecule has 0 saturated carbocycles. The summed E-state index contributed by atoms with van der Waals surface area (Å²) in [4.78, 5) is 12.2. The fraction of sp³-hybridized carbons (Fsp3) is 0.238. The summed E-state index contributed by atoms with van der Waals surface area (Å²) >= 11 is 0. The van der Waals surface area contributed by atoms with E-state index < -0.39 is 5.97 Å². The van der Waals surface area contributed by atoms with Gasteiger partial charge in [-0.1, -0.05) is 37.6 Å². The highest BCUT2D eigenvalue weighted by atomic mass is 16.5. The zero-order chi connectivity index (χ0) is 18.1. The monoisotopic (exact) mass is 335 g/mol. The van der Waals surface area contributed by atoms with Crippen LogP contribution in [-0.2, 0) is 11.2 Å². The van der Waals surface area contributed by atoms with E-state index in [1.165, 1.54) is 11.6 Å². The van der Waals surface area contributed by atoms with E-state index in [2.05, 4.69) is 6.92 Å². The Bertz CT molecular complexity index is 768. The molecule has 0 heterocycles. The van der Waals surface area contributed by atoms with E-state index in [9.17, 15) is 10.1 Å². The Labute approximate surface area is 148 Å². The molecule has 0 saturated heterocycles. The minimum atomic E-state index is -0.667. The zero-order valence-electron chi connectivity index (χ0n) is 14.5. The second kappa shape index (κ2) is 9.29. The lowest BCUT2D eigenvalue weighted by molar-refractivity contribution is -0.129. The normalized spacial score (nSPS) is 10.8. The standard InChI is InChI=1S/C21H21NO3/c1-3-4-5-16-6-12-20(13-7-16)25-21(23)18(15-22)14-17-8-10-19(24-2)11-9-17/h6-14H,3-5H2,1-2H3. The van der Waals surface area contributed by atoms with Crippen LogP contribution in [0.15, 0.2) is 54.1 Å². The van der Waals surface area contributed by atoms with Crippen LogP contribution >= 0.6 is 0 Å². The summed E-state index contributed by atoms with van der Waals surface area (Å²) in [5, 5.41) is 9.23. The largest absolute Gasteiger partial charge is 0.497 e. The summed E-state index contributed by atoms with van der Waals surface area (Å²) in [6.45, 7) is 2.15. The van der Waals surface area contributed by atoms with Crippen molar-refractivity contribution in [2.75, 3.05) is 7.11 Å². The second-order valence-corrected chi connectivity index (χ2v) is 5.58. The number of benzene rings is 2. The molecule has 128 valence electrons. The number of carbonyl (C=O) groups is 1. The Morgan fingerprint density at radius 2 is 1.72 bits per heavy atom. The van der Waals surface area contributed by atoms with Crippen molar-refractivity contribution in [1.29, 1.82) is 5.26 Å². The van der Waals surface area contributed by atoms with Gasteiger partial charge in [-0.15, -0.1) is 0 Å². The van der Waals surface area contributed by atoms with Gasteiger partial charge < -0.3 is 9.47 Å². The van der Waals surface area contributed by atoms with Crippen LogP contribution in [0.1, 0.15) is 30.9 Å². The number of hydrogen-bond acceptors (Lipinski definition) is 4. The number of methoxy groups -OCH3 is 1. The fourth-order valence-corrected chi connectivity index (χ4v) is 2.27. The van der Waals surface area contributed by atoms with Crippen LogP contribution in [0.3, 0.4) is 0 Å². The molecule has 0 unspecified atom stereocenters. The maximum atomic E-state index is 12.2. The molecule has 4 nitrogen and oxygen atoms in total. The van der Waals surface area contributed by atoms with Gasteiger partial charge in [0.2, 0.25) is 0 Å². The van der Waals surface area contributed by atoms with Crippen LogP contribution in [0.4, 0.5) is 0 Å². The minimum Gasteiger partial charge on any atom is -0.497 e. The minimum absolute atomic E-state index is 0.0553. The molecule has 0 aliphatic carbocycles. The van der Waals surface area contributed by atoms with E-state index in [0.29, 0.717) is 11.5 Å². The van der Waals surface area contributed by atoms with E-state index in [-0.39, 0.29) is 5.57 Å². The van der Waals surface area contributed by atoms with Crippen molar-refractivity contribution in [2.45, 2.75) is 26.2 Å². The number of unbranched alkanes of at least 4 members (excludes halogenated alkanes) is 1. The number of ether oxygens (including phenoxy) is 2. The number of nitriles is 1. The highest BCUT2D eigenvalue weighted by molar-refractivity contribution is 5.99. The Morgan fingerprint density at radius 3 is 2.28 bits per heavy atom. The summed E-state index contributed by atoms with van der Waals surface area (Å²) in [6, 6.07) is 16.4. The third-order valence-corrected chi connectivity index (χ3v) is 3.72. The third-order valence-electron chi connectivity index (χ3n) is 3.72. The Kier molecular flexibility index (Phi) is 6.79. The molecule has 4 heteroatoms. The van der Waals surface area contributed by atoms with Crippen molar-refractivity contribution in [1.82, 2.24) is 0 Å². The number of rotatable bonds is 7. The summed E-state index contributed by atoms with van der Waals surface area (Å²) in [5.74, 6) is 0.474. The molecule has 2 aromatic carbocycles. The summed E-state index contributed by atoms with van der Waals surface area (Å²) in [6.07, 6.45) is 4.77. The lowest BCUT2D eigenvalue weighted by atomic mass is 10.1. The highest BCUT2D eigenvalue weighted by Crippen LogP contribution is 2.17. The smallest absolute Gasteiger partial charge is 0.354 e. The first-order valence-electron chi connectivity index (χ1n) is 8.23. The predicted octanol–water partition coefficient (Wildman–Crippen LogP) is 4.55. The Morgan fingerprint density at radius 1 is 1.08 bits per heavy atom. The molecular weight excluding hydrogens is 314 g/mol. The first-order chi connectivity index (χ1) is 12.2. The van der Waals surface area contributed by atoms with Gasteiger partial charge in [0, 0.05) is 0 Å². The first kappa shape index (κ1) is 18.3. The van der Waals surface area contributed by atoms with Crippen LogP contribution in [0.2, 0.25) is 0 Å². The van der Waals surface area contributed by atoms with E-state index in [1.54, 1.807) is 43.5 Å². The quantitative estimate of drug-likeness (QED) is 0.322. The highest BCUT2D eigenvalue weighted by Gasteiger charge is 2.12. The maximum Gasteiger partial charge on any atom is 0.354 e. The Hall–Kier alpha value is -3.06. The number of hydrogen-bond donors (Lipinski definition) is 0. The van der Waals surface area contributed by atoms with Gasteiger partial charge in [-0.2, -0.15) is 5.26 Å². The molecule has 0 atom stereocenters. The van der Waals surface area contributed by atoms with Gasteiger partial charge in [-0.3, -0.25) is 0 Å².